The molecule has 0 aromatic rings. The maximum atomic E-state index is 5.32. The van der Waals surface area contributed by atoms with Crippen LogP contribution in [0.4, 0.5) is 0 Å². The molecule has 2 rings (SSSR count). The van der Waals surface area contributed by atoms with Gasteiger partial charge in [0.15, 0.2) is 0 Å². The highest BCUT2D eigenvalue weighted by atomic mass is 16.5. The van der Waals surface area contributed by atoms with Gasteiger partial charge in [0, 0.05) is 39.8 Å². The van der Waals surface area contributed by atoms with Crippen LogP contribution < -0.4 is 5.32 Å². The topological polar surface area (TPSA) is 24.5 Å². The van der Waals surface area contributed by atoms with Crippen LogP contribution >= 0.6 is 0 Å². The molecule has 0 bridgehead atoms. The Labute approximate surface area is 74.1 Å². The highest BCUT2D eigenvalue weighted by Gasteiger charge is 2.26. The van der Waals surface area contributed by atoms with Crippen LogP contribution in [0, 0.1) is 5.92 Å². The van der Waals surface area contributed by atoms with Crippen molar-refractivity contribution in [2.24, 2.45) is 5.92 Å². The van der Waals surface area contributed by atoms with E-state index in [0.29, 0.717) is 6.10 Å². The third-order valence-electron chi connectivity index (χ3n) is 2.94. The largest absolute Gasteiger partial charge is 0.380 e. The summed E-state index contributed by atoms with van der Waals surface area (Å²) < 4.78 is 5.32. The molecule has 1 N–H and O–H groups in total. The van der Waals surface area contributed by atoms with E-state index < -0.39 is 0 Å². The summed E-state index contributed by atoms with van der Waals surface area (Å²) in [6.07, 6.45) is 1.72. The monoisotopic (exact) mass is 170 g/mol. The zero-order chi connectivity index (χ0) is 8.39. The van der Waals surface area contributed by atoms with Crippen molar-refractivity contribution in [1.29, 1.82) is 0 Å². The van der Waals surface area contributed by atoms with Gasteiger partial charge in [0.1, 0.15) is 0 Å². The summed E-state index contributed by atoms with van der Waals surface area (Å²) in [4.78, 5) is 2.53. The molecule has 2 saturated heterocycles. The van der Waals surface area contributed by atoms with Gasteiger partial charge in [-0.1, -0.05) is 0 Å². The van der Waals surface area contributed by atoms with E-state index in [2.05, 4.69) is 10.2 Å². The van der Waals surface area contributed by atoms with Crippen molar-refractivity contribution >= 4 is 0 Å². The van der Waals surface area contributed by atoms with Crippen LogP contribution in [0.25, 0.3) is 0 Å². The molecule has 0 aromatic carbocycles. The van der Waals surface area contributed by atoms with E-state index >= 15 is 0 Å². The first-order chi connectivity index (χ1) is 5.88. The number of nitrogens with zero attached hydrogens (tertiary/aromatic N) is 1. The minimum absolute atomic E-state index is 0.498. The first kappa shape index (κ1) is 8.48. The highest BCUT2D eigenvalue weighted by molar-refractivity contribution is 4.82. The zero-order valence-corrected chi connectivity index (χ0v) is 7.75. The Balaban J connectivity index is 1.68. The first-order valence-corrected chi connectivity index (χ1v) is 4.84. The van der Waals surface area contributed by atoms with Gasteiger partial charge in [0.25, 0.3) is 0 Å². The fourth-order valence-corrected chi connectivity index (χ4v) is 2.00. The molecule has 0 aliphatic carbocycles. The third kappa shape index (κ3) is 1.79. The molecule has 3 heteroatoms. The SMILES string of the molecule is COC1CCN(CC2CNC2)C1. The summed E-state index contributed by atoms with van der Waals surface area (Å²) in [5, 5.41) is 3.30. The maximum absolute atomic E-state index is 5.32. The fraction of sp³-hybridized carbons (Fsp3) is 1.00. The zero-order valence-electron chi connectivity index (χ0n) is 7.75. The minimum atomic E-state index is 0.498. The molecule has 0 aromatic heterocycles. The third-order valence-corrected chi connectivity index (χ3v) is 2.94. The van der Waals surface area contributed by atoms with Crippen molar-refractivity contribution in [3.8, 4) is 0 Å². The molecule has 2 aliphatic heterocycles. The Morgan fingerprint density at radius 2 is 2.33 bits per heavy atom. The van der Waals surface area contributed by atoms with E-state index in [0.717, 1.165) is 12.5 Å². The normalized spacial score (nSPS) is 32.2. The van der Waals surface area contributed by atoms with Crippen LogP contribution in [-0.4, -0.2) is 50.8 Å². The van der Waals surface area contributed by atoms with Gasteiger partial charge in [-0.25, -0.2) is 0 Å². The summed E-state index contributed by atoms with van der Waals surface area (Å²) in [6, 6.07) is 0. The van der Waals surface area contributed by atoms with E-state index in [-0.39, 0.29) is 0 Å². The van der Waals surface area contributed by atoms with Gasteiger partial charge in [0.2, 0.25) is 0 Å². The molecule has 12 heavy (non-hydrogen) atoms. The summed E-state index contributed by atoms with van der Waals surface area (Å²) in [5.41, 5.74) is 0. The fourth-order valence-electron chi connectivity index (χ4n) is 2.00. The summed E-state index contributed by atoms with van der Waals surface area (Å²) >= 11 is 0. The van der Waals surface area contributed by atoms with Crippen LogP contribution in [-0.2, 0) is 4.74 Å². The molecule has 0 amide bonds. The summed E-state index contributed by atoms with van der Waals surface area (Å²) in [6.45, 7) is 6.08. The second-order valence-corrected chi connectivity index (χ2v) is 3.93. The molecule has 1 unspecified atom stereocenters. The van der Waals surface area contributed by atoms with Crippen LogP contribution in [0.5, 0.6) is 0 Å². The number of ether oxygens (including phenoxy) is 1. The number of methoxy groups -OCH3 is 1. The number of rotatable bonds is 3. The molecule has 2 fully saturated rings. The lowest BCUT2D eigenvalue weighted by Crippen LogP contribution is -2.48. The van der Waals surface area contributed by atoms with Crippen LogP contribution in [0.2, 0.25) is 0 Å². The van der Waals surface area contributed by atoms with E-state index in [1.54, 1.807) is 0 Å². The minimum Gasteiger partial charge on any atom is -0.380 e. The van der Waals surface area contributed by atoms with E-state index in [9.17, 15) is 0 Å². The predicted octanol–water partition coefficient (Wildman–Crippen LogP) is -0.0735. The molecule has 0 saturated carbocycles. The van der Waals surface area contributed by atoms with Crippen molar-refractivity contribution in [2.45, 2.75) is 12.5 Å². The summed E-state index contributed by atoms with van der Waals surface area (Å²) in [5.74, 6) is 0.903. The van der Waals surface area contributed by atoms with Gasteiger partial charge in [-0.05, 0) is 12.3 Å². The van der Waals surface area contributed by atoms with Crippen LogP contribution in [0.15, 0.2) is 0 Å². The molecule has 70 valence electrons. The number of hydrogen-bond acceptors (Lipinski definition) is 3. The number of hydrogen-bond donors (Lipinski definition) is 1. The van der Waals surface area contributed by atoms with E-state index in [4.69, 9.17) is 4.74 Å². The lowest BCUT2D eigenvalue weighted by molar-refractivity contribution is 0.103. The van der Waals surface area contributed by atoms with Gasteiger partial charge in [-0.15, -0.1) is 0 Å². The summed E-state index contributed by atoms with van der Waals surface area (Å²) in [7, 11) is 1.82. The molecule has 1 atom stereocenters. The average molecular weight is 170 g/mol. The molecule has 0 spiro atoms. The first-order valence-electron chi connectivity index (χ1n) is 4.84. The second kappa shape index (κ2) is 3.73. The highest BCUT2D eigenvalue weighted by Crippen LogP contribution is 2.14. The van der Waals surface area contributed by atoms with Gasteiger partial charge in [-0.3, -0.25) is 0 Å². The quantitative estimate of drug-likeness (QED) is 0.641. The second-order valence-electron chi connectivity index (χ2n) is 3.93. The van der Waals surface area contributed by atoms with Crippen molar-refractivity contribution in [3.05, 3.63) is 0 Å². The molecule has 2 heterocycles. The lowest BCUT2D eigenvalue weighted by atomic mass is 10.0. The molecule has 2 aliphatic rings. The van der Waals surface area contributed by atoms with Crippen molar-refractivity contribution in [3.63, 3.8) is 0 Å². The Morgan fingerprint density at radius 1 is 1.50 bits per heavy atom. The van der Waals surface area contributed by atoms with Crippen molar-refractivity contribution in [1.82, 2.24) is 10.2 Å². The van der Waals surface area contributed by atoms with Gasteiger partial charge in [0.05, 0.1) is 6.10 Å². The Morgan fingerprint density at radius 3 is 2.83 bits per heavy atom. The molecule has 3 nitrogen and oxygen atoms in total. The smallest absolute Gasteiger partial charge is 0.0710 e. The Bertz CT molecular complexity index is 147. The lowest BCUT2D eigenvalue weighted by Gasteiger charge is -2.31. The van der Waals surface area contributed by atoms with Crippen molar-refractivity contribution < 1.29 is 4.74 Å². The number of nitrogens with one attached hydrogen (secondary N) is 1. The Kier molecular flexibility index (Phi) is 2.63. The predicted molar refractivity (Wildman–Crippen MR) is 48.2 cm³/mol. The van der Waals surface area contributed by atoms with E-state index in [1.807, 2.05) is 7.11 Å². The number of likely N-dealkylation sites (tertiary alicyclic amines) is 1. The van der Waals surface area contributed by atoms with Gasteiger partial charge in [-0.2, -0.15) is 0 Å². The maximum Gasteiger partial charge on any atom is 0.0710 e. The van der Waals surface area contributed by atoms with Crippen LogP contribution in [0.1, 0.15) is 6.42 Å². The van der Waals surface area contributed by atoms with Crippen molar-refractivity contribution in [2.75, 3.05) is 39.8 Å². The van der Waals surface area contributed by atoms with E-state index in [1.165, 1.54) is 32.6 Å². The standard InChI is InChI=1S/C9H18N2O/c1-12-9-2-3-11(7-9)6-8-4-10-5-8/h8-10H,2-7H2,1H3. The molecular weight excluding hydrogens is 152 g/mol. The molecular formula is C9H18N2O. The van der Waals surface area contributed by atoms with Crippen LogP contribution in [0.3, 0.4) is 0 Å². The average Bonchev–Trinajstić information content (AvgIpc) is 2.44. The van der Waals surface area contributed by atoms with Gasteiger partial charge >= 0.3 is 0 Å². The molecule has 0 radical (unpaired) electrons. The Hall–Kier alpha value is -0.120. The van der Waals surface area contributed by atoms with Gasteiger partial charge < -0.3 is 15.0 Å².